The van der Waals surface area contributed by atoms with E-state index in [1.807, 2.05) is 24.3 Å². The average molecular weight is 399 g/mol. The first-order valence-corrected chi connectivity index (χ1v) is 9.99. The fourth-order valence-electron chi connectivity index (χ4n) is 4.76. The number of aromatic nitrogens is 1. The smallest absolute Gasteiger partial charge is 0.269 e. The van der Waals surface area contributed by atoms with E-state index in [9.17, 15) is 14.9 Å². The zero-order chi connectivity index (χ0) is 21.0. The van der Waals surface area contributed by atoms with E-state index >= 15 is 0 Å². The summed E-state index contributed by atoms with van der Waals surface area (Å²) in [6, 6.07) is 14.1. The number of carbonyl (C=O) groups is 1. The van der Waals surface area contributed by atoms with E-state index in [-0.39, 0.29) is 22.9 Å². The first kappa shape index (κ1) is 18.5. The van der Waals surface area contributed by atoms with Crippen molar-refractivity contribution < 1.29 is 9.72 Å². The largest absolute Gasteiger partial charge is 0.373 e. The van der Waals surface area contributed by atoms with Gasteiger partial charge in [-0.25, -0.2) is 0 Å². The molecular weight excluding hydrogens is 378 g/mol. The summed E-state index contributed by atoms with van der Waals surface area (Å²) in [5.41, 5.74) is 5.50. The lowest BCUT2D eigenvalue weighted by atomic mass is 9.68. The third kappa shape index (κ3) is 2.87. The number of anilines is 1. The number of benzene rings is 2. The number of allylic oxidation sites excluding steroid dienone is 1. The van der Waals surface area contributed by atoms with Crippen molar-refractivity contribution in [1.29, 1.82) is 0 Å². The average Bonchev–Trinajstić information content (AvgIpc) is 2.72. The Morgan fingerprint density at radius 1 is 1.10 bits per heavy atom. The maximum Gasteiger partial charge on any atom is 0.269 e. The van der Waals surface area contributed by atoms with Crippen LogP contribution in [0.1, 0.15) is 43.9 Å². The van der Waals surface area contributed by atoms with Crippen molar-refractivity contribution in [1.82, 2.24) is 4.98 Å². The molecule has 6 heteroatoms. The number of nitro benzene ring substituents is 1. The molecule has 150 valence electrons. The van der Waals surface area contributed by atoms with Gasteiger partial charge in [0.05, 0.1) is 16.5 Å². The number of carbonyl (C=O) groups excluding carboxylic acids is 1. The summed E-state index contributed by atoms with van der Waals surface area (Å²) in [4.78, 5) is 28.5. The number of rotatable bonds is 2. The molecule has 3 aromatic rings. The summed E-state index contributed by atoms with van der Waals surface area (Å²) in [6.45, 7) is 4.25. The quantitative estimate of drug-likeness (QED) is 0.457. The molecular formula is C24H21N3O3. The number of Topliss-reactive ketones (excluding diaryl/α,β-unsaturated/α-hetero) is 1. The maximum atomic E-state index is 13.3. The molecule has 2 aliphatic rings. The van der Waals surface area contributed by atoms with Crippen LogP contribution in [0.2, 0.25) is 0 Å². The van der Waals surface area contributed by atoms with E-state index in [1.54, 1.807) is 18.3 Å². The molecule has 2 aromatic carbocycles. The highest BCUT2D eigenvalue weighted by molar-refractivity contribution is 6.12. The minimum Gasteiger partial charge on any atom is -0.373 e. The van der Waals surface area contributed by atoms with Gasteiger partial charge >= 0.3 is 0 Å². The van der Waals surface area contributed by atoms with Crippen LogP contribution in [0.4, 0.5) is 11.4 Å². The molecule has 0 spiro atoms. The van der Waals surface area contributed by atoms with E-state index < -0.39 is 4.92 Å². The second-order valence-corrected chi connectivity index (χ2v) is 8.82. The van der Waals surface area contributed by atoms with Crippen LogP contribution < -0.4 is 5.32 Å². The SMILES string of the molecule is CC1(C)CC(=O)C2=C(C1)c1c(ccc3ncccc13)N[C@H]2c1ccc([N+](=O)[O-])cc1. The van der Waals surface area contributed by atoms with Crippen LogP contribution in [0, 0.1) is 15.5 Å². The molecule has 2 heterocycles. The maximum absolute atomic E-state index is 13.3. The van der Waals surface area contributed by atoms with Gasteiger partial charge in [-0.3, -0.25) is 19.9 Å². The van der Waals surface area contributed by atoms with Crippen LogP contribution in [-0.4, -0.2) is 15.7 Å². The van der Waals surface area contributed by atoms with Crippen molar-refractivity contribution >= 4 is 33.6 Å². The lowest BCUT2D eigenvalue weighted by Gasteiger charge is -2.40. The van der Waals surface area contributed by atoms with Crippen molar-refractivity contribution in [2.45, 2.75) is 32.7 Å². The predicted octanol–water partition coefficient (Wildman–Crippen LogP) is 5.45. The van der Waals surface area contributed by atoms with Gasteiger partial charge in [-0.2, -0.15) is 0 Å². The molecule has 1 atom stereocenters. The molecule has 1 aliphatic heterocycles. The third-order valence-electron chi connectivity index (χ3n) is 6.03. The van der Waals surface area contributed by atoms with E-state index in [2.05, 4.69) is 24.1 Å². The summed E-state index contributed by atoms with van der Waals surface area (Å²) in [5.74, 6) is 0.128. The third-order valence-corrected chi connectivity index (χ3v) is 6.03. The van der Waals surface area contributed by atoms with E-state index in [0.717, 1.165) is 45.3 Å². The predicted molar refractivity (Wildman–Crippen MR) is 116 cm³/mol. The lowest BCUT2D eigenvalue weighted by Crippen LogP contribution is -2.33. The van der Waals surface area contributed by atoms with Gasteiger partial charge in [-0.15, -0.1) is 0 Å². The lowest BCUT2D eigenvalue weighted by molar-refractivity contribution is -0.384. The minimum atomic E-state index is -0.411. The Morgan fingerprint density at radius 2 is 1.87 bits per heavy atom. The van der Waals surface area contributed by atoms with Gasteiger partial charge in [0, 0.05) is 47.0 Å². The number of ketones is 1. The number of hydrogen-bond acceptors (Lipinski definition) is 5. The first-order chi connectivity index (χ1) is 14.3. The summed E-state index contributed by atoms with van der Waals surface area (Å²) in [7, 11) is 0. The molecule has 0 amide bonds. The highest BCUT2D eigenvalue weighted by Gasteiger charge is 2.40. The Labute approximate surface area is 173 Å². The Bertz CT molecular complexity index is 1240. The van der Waals surface area contributed by atoms with Crippen LogP contribution in [0.15, 0.2) is 60.3 Å². The van der Waals surface area contributed by atoms with Gasteiger partial charge < -0.3 is 5.32 Å². The van der Waals surface area contributed by atoms with E-state index in [1.165, 1.54) is 12.1 Å². The molecule has 1 aliphatic carbocycles. The highest BCUT2D eigenvalue weighted by atomic mass is 16.6. The van der Waals surface area contributed by atoms with Crippen LogP contribution in [0.5, 0.6) is 0 Å². The number of nitrogens with zero attached hydrogens (tertiary/aromatic N) is 2. The van der Waals surface area contributed by atoms with Crippen molar-refractivity contribution in [3.8, 4) is 0 Å². The molecule has 0 radical (unpaired) electrons. The molecule has 0 bridgehead atoms. The van der Waals surface area contributed by atoms with Gasteiger partial charge in [0.25, 0.3) is 5.69 Å². The molecule has 0 unspecified atom stereocenters. The fraction of sp³-hybridized carbons (Fsp3) is 0.250. The molecule has 0 saturated heterocycles. The standard InChI is InChI=1S/C24H21N3O3/c1-24(2)12-17-21-16-4-3-11-25-18(16)9-10-19(21)26-23(22(17)20(28)13-24)14-5-7-15(8-6-14)27(29)30/h3-11,23,26H,12-13H2,1-2H3/t23-/m0/s1. The Morgan fingerprint density at radius 3 is 2.60 bits per heavy atom. The summed E-state index contributed by atoms with van der Waals surface area (Å²) in [6.07, 6.45) is 3.05. The van der Waals surface area contributed by atoms with Crippen LogP contribution >= 0.6 is 0 Å². The molecule has 0 fully saturated rings. The summed E-state index contributed by atoms with van der Waals surface area (Å²) in [5, 5.41) is 15.6. The Kier molecular flexibility index (Phi) is 4.00. The molecule has 1 N–H and O–H groups in total. The summed E-state index contributed by atoms with van der Waals surface area (Å²) < 4.78 is 0. The summed E-state index contributed by atoms with van der Waals surface area (Å²) >= 11 is 0. The number of non-ortho nitro benzene ring substituents is 1. The van der Waals surface area contributed by atoms with E-state index in [4.69, 9.17) is 0 Å². The minimum absolute atomic E-state index is 0.0392. The number of pyridine rings is 1. The van der Waals surface area contributed by atoms with Gasteiger partial charge in [0.15, 0.2) is 5.78 Å². The van der Waals surface area contributed by atoms with Crippen LogP contribution in [0.25, 0.3) is 16.5 Å². The molecule has 30 heavy (non-hydrogen) atoms. The van der Waals surface area contributed by atoms with Crippen molar-refractivity contribution in [2.24, 2.45) is 5.41 Å². The zero-order valence-electron chi connectivity index (χ0n) is 16.8. The highest BCUT2D eigenvalue weighted by Crippen LogP contribution is 2.51. The van der Waals surface area contributed by atoms with Gasteiger partial charge in [-0.05, 0) is 53.3 Å². The van der Waals surface area contributed by atoms with Crippen LogP contribution in [0.3, 0.4) is 0 Å². The number of fused-ring (bicyclic) bond motifs is 4. The molecule has 0 saturated carbocycles. The van der Waals surface area contributed by atoms with Crippen molar-refractivity contribution in [3.63, 3.8) is 0 Å². The second kappa shape index (κ2) is 6.49. The second-order valence-electron chi connectivity index (χ2n) is 8.82. The number of nitrogens with one attached hydrogen (secondary N) is 1. The Hall–Kier alpha value is -3.54. The number of nitro groups is 1. The molecule has 5 rings (SSSR count). The van der Waals surface area contributed by atoms with Gasteiger partial charge in [0.2, 0.25) is 0 Å². The first-order valence-electron chi connectivity index (χ1n) is 9.99. The normalized spacial score (nSPS) is 19.8. The fourth-order valence-corrected chi connectivity index (χ4v) is 4.76. The monoisotopic (exact) mass is 399 g/mol. The van der Waals surface area contributed by atoms with Crippen LogP contribution in [-0.2, 0) is 4.79 Å². The zero-order valence-corrected chi connectivity index (χ0v) is 16.8. The van der Waals surface area contributed by atoms with Crippen molar-refractivity contribution in [2.75, 3.05) is 5.32 Å². The number of hydrogen-bond donors (Lipinski definition) is 1. The van der Waals surface area contributed by atoms with Gasteiger partial charge in [0.1, 0.15) is 0 Å². The molecule has 1 aromatic heterocycles. The topological polar surface area (TPSA) is 85.1 Å². The molecule has 6 nitrogen and oxygen atoms in total. The van der Waals surface area contributed by atoms with Gasteiger partial charge in [-0.1, -0.05) is 19.9 Å². The van der Waals surface area contributed by atoms with Crippen molar-refractivity contribution in [3.05, 3.63) is 81.5 Å². The Balaban J connectivity index is 1.74. The van der Waals surface area contributed by atoms with E-state index in [0.29, 0.717) is 6.42 Å².